The molecule has 4 heterocycles. The number of hydrogen-bond acceptors (Lipinski definition) is 8. The Bertz CT molecular complexity index is 1290. The van der Waals surface area contributed by atoms with Crippen molar-refractivity contribution < 1.29 is 18.8 Å². The van der Waals surface area contributed by atoms with Crippen molar-refractivity contribution in [1.82, 2.24) is 9.97 Å². The zero-order valence-electron chi connectivity index (χ0n) is 22.7. The Kier molecular flexibility index (Phi) is 8.23. The number of hydroxylamine groups is 1. The fourth-order valence-electron chi connectivity index (χ4n) is 5.17. The summed E-state index contributed by atoms with van der Waals surface area (Å²) in [6.45, 7) is 5.10. The van der Waals surface area contributed by atoms with Crippen molar-refractivity contribution in [1.29, 1.82) is 0 Å². The molecule has 0 aliphatic carbocycles. The molecule has 2 aromatic heterocycles. The van der Waals surface area contributed by atoms with Gasteiger partial charge in [-0.1, -0.05) is 0 Å². The number of anilines is 5. The van der Waals surface area contributed by atoms with Crippen molar-refractivity contribution >= 4 is 34.5 Å². The lowest BCUT2D eigenvalue weighted by Crippen LogP contribution is -2.37. The van der Waals surface area contributed by atoms with Gasteiger partial charge < -0.3 is 19.9 Å². The molecule has 1 N–H and O–H groups in total. The van der Waals surface area contributed by atoms with E-state index in [0.29, 0.717) is 34.4 Å². The van der Waals surface area contributed by atoms with Crippen LogP contribution >= 0.6 is 0 Å². The third kappa shape index (κ3) is 6.12. The Balaban J connectivity index is 1.33. The maximum atomic E-state index is 14.4. The predicted octanol–water partition coefficient (Wildman–Crippen LogP) is 5.09. The number of hydrogen-bond donors (Lipinski definition) is 1. The molecule has 1 amide bonds. The minimum atomic E-state index is -0.379. The lowest BCUT2D eigenvalue weighted by atomic mass is 10.1. The second-order valence-electron chi connectivity index (χ2n) is 9.99. The Hall–Kier alpha value is -3.76. The van der Waals surface area contributed by atoms with Crippen LogP contribution < -0.4 is 20.2 Å². The second-order valence-corrected chi connectivity index (χ2v) is 9.99. The fourth-order valence-corrected chi connectivity index (χ4v) is 5.17. The molecule has 10 heteroatoms. The van der Waals surface area contributed by atoms with Gasteiger partial charge in [-0.15, -0.1) is 0 Å². The Morgan fingerprint density at radius 2 is 1.85 bits per heavy atom. The van der Waals surface area contributed by atoms with Gasteiger partial charge in [-0.3, -0.25) is 14.6 Å². The first-order chi connectivity index (χ1) is 18.9. The standard InChI is InChI=1S/C29H35FN6O3/c1-20-27(17-23(18-31-20)33-22-14-21(30)15-26(16-22)35-10-4-5-11-35)29(37)36(38-3)25-6-7-28(32-19-25)34(2)24-8-12-39-13-9-24/h6-7,14-19,24,33H,4-5,8-13H2,1-3H3. The summed E-state index contributed by atoms with van der Waals surface area (Å²) < 4.78 is 19.9. The molecule has 0 atom stereocenters. The molecule has 0 bridgehead atoms. The number of nitrogens with zero attached hydrogens (tertiary/aromatic N) is 5. The van der Waals surface area contributed by atoms with Crippen LogP contribution in [0.3, 0.4) is 0 Å². The number of amides is 1. The number of pyridine rings is 2. The molecular formula is C29H35FN6O3. The summed E-state index contributed by atoms with van der Waals surface area (Å²) >= 11 is 0. The number of aromatic nitrogens is 2. The van der Waals surface area contributed by atoms with Crippen LogP contribution in [-0.2, 0) is 9.57 Å². The van der Waals surface area contributed by atoms with Crippen LogP contribution in [-0.4, -0.2) is 62.4 Å². The van der Waals surface area contributed by atoms with Gasteiger partial charge in [0, 0.05) is 50.8 Å². The Labute approximate surface area is 228 Å². The highest BCUT2D eigenvalue weighted by atomic mass is 19.1. The molecule has 0 saturated carbocycles. The molecule has 39 heavy (non-hydrogen) atoms. The molecule has 2 fully saturated rings. The van der Waals surface area contributed by atoms with Gasteiger partial charge in [0.1, 0.15) is 11.6 Å². The average molecular weight is 535 g/mol. The summed E-state index contributed by atoms with van der Waals surface area (Å²) in [6.07, 6.45) is 7.38. The van der Waals surface area contributed by atoms with Crippen LogP contribution in [0.1, 0.15) is 41.7 Å². The fraction of sp³-hybridized carbons (Fsp3) is 0.414. The van der Waals surface area contributed by atoms with Gasteiger partial charge in [-0.25, -0.2) is 9.37 Å². The molecule has 2 aliphatic rings. The minimum Gasteiger partial charge on any atom is -0.381 e. The van der Waals surface area contributed by atoms with Gasteiger partial charge in [0.05, 0.1) is 42.1 Å². The first-order valence-electron chi connectivity index (χ1n) is 13.4. The summed E-state index contributed by atoms with van der Waals surface area (Å²) in [5, 5.41) is 4.41. The zero-order chi connectivity index (χ0) is 27.4. The van der Waals surface area contributed by atoms with Crippen LogP contribution in [0.4, 0.5) is 33.0 Å². The minimum absolute atomic E-state index is 0.317. The normalized spacial score (nSPS) is 15.8. The van der Waals surface area contributed by atoms with Crippen molar-refractivity contribution in [3.63, 3.8) is 0 Å². The van der Waals surface area contributed by atoms with E-state index in [9.17, 15) is 9.18 Å². The summed E-state index contributed by atoms with van der Waals surface area (Å²) in [7, 11) is 3.47. The average Bonchev–Trinajstić information content (AvgIpc) is 3.50. The smallest absolute Gasteiger partial charge is 0.284 e. The van der Waals surface area contributed by atoms with Gasteiger partial charge in [0.2, 0.25) is 0 Å². The van der Waals surface area contributed by atoms with E-state index in [1.165, 1.54) is 18.2 Å². The summed E-state index contributed by atoms with van der Waals surface area (Å²) in [6, 6.07) is 10.7. The summed E-state index contributed by atoms with van der Waals surface area (Å²) in [5.41, 5.74) is 3.43. The van der Waals surface area contributed by atoms with Crippen molar-refractivity contribution in [3.05, 3.63) is 65.9 Å². The molecule has 5 rings (SSSR count). The molecule has 0 spiro atoms. The number of carbonyl (C=O) groups excluding carboxylic acids is 1. The van der Waals surface area contributed by atoms with E-state index in [4.69, 9.17) is 9.57 Å². The number of nitrogens with one attached hydrogen (secondary N) is 1. The van der Waals surface area contributed by atoms with Crippen molar-refractivity contribution in [2.45, 2.75) is 38.6 Å². The number of halogens is 1. The van der Waals surface area contributed by atoms with Crippen LogP contribution in [0.25, 0.3) is 0 Å². The molecule has 9 nitrogen and oxygen atoms in total. The maximum Gasteiger partial charge on any atom is 0.284 e. The molecule has 206 valence electrons. The monoisotopic (exact) mass is 534 g/mol. The van der Waals surface area contributed by atoms with Crippen molar-refractivity contribution in [3.8, 4) is 0 Å². The van der Waals surface area contributed by atoms with Gasteiger partial charge in [0.15, 0.2) is 0 Å². The third-order valence-corrected chi connectivity index (χ3v) is 7.39. The van der Waals surface area contributed by atoms with E-state index in [1.54, 1.807) is 31.5 Å². The Morgan fingerprint density at radius 1 is 1.08 bits per heavy atom. The quantitative estimate of drug-likeness (QED) is 0.400. The van der Waals surface area contributed by atoms with E-state index in [0.717, 1.165) is 63.5 Å². The van der Waals surface area contributed by atoms with E-state index >= 15 is 0 Å². The van der Waals surface area contributed by atoms with E-state index in [1.807, 2.05) is 25.2 Å². The van der Waals surface area contributed by atoms with Crippen molar-refractivity contribution in [2.24, 2.45) is 0 Å². The zero-order valence-corrected chi connectivity index (χ0v) is 22.7. The van der Waals surface area contributed by atoms with Crippen LogP contribution in [0, 0.1) is 12.7 Å². The summed E-state index contributed by atoms with van der Waals surface area (Å²) in [5.74, 6) is 0.124. The number of benzene rings is 1. The van der Waals surface area contributed by atoms with E-state index in [-0.39, 0.29) is 11.7 Å². The number of carbonyl (C=O) groups is 1. The van der Waals surface area contributed by atoms with Gasteiger partial charge in [-0.05, 0) is 69.0 Å². The molecule has 2 saturated heterocycles. The molecule has 0 radical (unpaired) electrons. The summed E-state index contributed by atoms with van der Waals surface area (Å²) in [4.78, 5) is 32.4. The van der Waals surface area contributed by atoms with Gasteiger partial charge in [-0.2, -0.15) is 5.06 Å². The van der Waals surface area contributed by atoms with E-state index < -0.39 is 0 Å². The maximum absolute atomic E-state index is 14.4. The highest BCUT2D eigenvalue weighted by molar-refractivity contribution is 6.06. The number of rotatable bonds is 8. The lowest BCUT2D eigenvalue weighted by Gasteiger charge is -2.32. The van der Waals surface area contributed by atoms with Gasteiger partial charge >= 0.3 is 0 Å². The molecule has 3 aromatic rings. The SMILES string of the molecule is CON(C(=O)c1cc(Nc2cc(F)cc(N3CCCC3)c2)cnc1C)c1ccc(N(C)C2CCOCC2)nc1. The van der Waals surface area contributed by atoms with Crippen LogP contribution in [0.15, 0.2) is 48.8 Å². The topological polar surface area (TPSA) is 83.1 Å². The highest BCUT2D eigenvalue weighted by Gasteiger charge is 2.23. The third-order valence-electron chi connectivity index (χ3n) is 7.39. The van der Waals surface area contributed by atoms with Crippen LogP contribution in [0.5, 0.6) is 0 Å². The second kappa shape index (κ2) is 12.0. The number of ether oxygens (including phenoxy) is 1. The predicted molar refractivity (Wildman–Crippen MR) is 150 cm³/mol. The highest BCUT2D eigenvalue weighted by Crippen LogP contribution is 2.29. The van der Waals surface area contributed by atoms with Crippen LogP contribution in [0.2, 0.25) is 0 Å². The van der Waals surface area contributed by atoms with Gasteiger partial charge in [0.25, 0.3) is 5.91 Å². The molecular weight excluding hydrogens is 499 g/mol. The first-order valence-corrected chi connectivity index (χ1v) is 13.4. The number of aryl methyl sites for hydroxylation is 1. The molecule has 1 aromatic carbocycles. The largest absolute Gasteiger partial charge is 0.381 e. The molecule has 0 unspecified atom stereocenters. The lowest BCUT2D eigenvalue weighted by molar-refractivity contribution is 0.0771. The molecule has 2 aliphatic heterocycles. The van der Waals surface area contributed by atoms with E-state index in [2.05, 4.69) is 25.1 Å². The van der Waals surface area contributed by atoms with Crippen molar-refractivity contribution in [2.75, 3.05) is 60.6 Å². The first kappa shape index (κ1) is 26.8. The Morgan fingerprint density at radius 3 is 2.54 bits per heavy atom.